The minimum absolute atomic E-state index is 0.647. The van der Waals surface area contributed by atoms with Crippen molar-refractivity contribution in [3.63, 3.8) is 0 Å². The Morgan fingerprint density at radius 2 is 1.69 bits per heavy atom. The highest BCUT2D eigenvalue weighted by Crippen LogP contribution is 2.52. The van der Waals surface area contributed by atoms with Crippen LogP contribution in [0.5, 0.6) is 0 Å². The van der Waals surface area contributed by atoms with E-state index >= 15 is 0 Å². The topological polar surface area (TPSA) is 77.8 Å². The van der Waals surface area contributed by atoms with Crippen molar-refractivity contribution in [2.45, 2.75) is 12.0 Å². The van der Waals surface area contributed by atoms with Crippen LogP contribution in [0.2, 0.25) is 0 Å². The Bertz CT molecular complexity index is 426. The molecule has 1 atom stereocenters. The van der Waals surface area contributed by atoms with Crippen LogP contribution < -0.4 is 0 Å². The molecule has 4 nitrogen and oxygen atoms in total. The van der Waals surface area contributed by atoms with Gasteiger partial charge in [0.1, 0.15) is 0 Å². The first kappa shape index (κ1) is 13.2. The van der Waals surface area contributed by atoms with Crippen LogP contribution in [0.3, 0.4) is 0 Å². The predicted octanol–water partition coefficient (Wildman–Crippen LogP) is 1.87. The number of aliphatic hydroxyl groups is 1. The van der Waals surface area contributed by atoms with Crippen molar-refractivity contribution < 1.29 is 32.6 Å². The molecule has 0 aliphatic carbocycles. The summed E-state index contributed by atoms with van der Waals surface area (Å²) in [6.07, 6.45) is -4.77. The highest BCUT2D eigenvalue weighted by molar-refractivity contribution is 7.51. The van der Waals surface area contributed by atoms with E-state index in [1.165, 1.54) is 0 Å². The molecule has 1 aromatic rings. The second-order valence-corrected chi connectivity index (χ2v) is 4.72. The van der Waals surface area contributed by atoms with Gasteiger partial charge in [0.25, 0.3) is 0 Å². The van der Waals surface area contributed by atoms with Gasteiger partial charge in [0.05, 0.1) is 5.56 Å². The summed E-state index contributed by atoms with van der Waals surface area (Å²) in [6, 6.07) is 3.70. The largest absolute Gasteiger partial charge is 0.416 e. The monoisotopic (exact) mass is 256 g/mol. The van der Waals surface area contributed by atoms with Crippen molar-refractivity contribution in [1.29, 1.82) is 0 Å². The second kappa shape index (κ2) is 4.18. The lowest BCUT2D eigenvalue weighted by Crippen LogP contribution is -2.12. The van der Waals surface area contributed by atoms with E-state index in [2.05, 4.69) is 0 Å². The fourth-order valence-corrected chi connectivity index (χ4v) is 1.75. The number of rotatable bonds is 2. The van der Waals surface area contributed by atoms with E-state index in [0.29, 0.717) is 6.07 Å². The van der Waals surface area contributed by atoms with Crippen LogP contribution >= 0.6 is 7.60 Å². The van der Waals surface area contributed by atoms with Crippen LogP contribution in [0.25, 0.3) is 0 Å². The quantitative estimate of drug-likeness (QED) is 0.706. The van der Waals surface area contributed by atoms with Crippen LogP contribution in [0.15, 0.2) is 24.3 Å². The van der Waals surface area contributed by atoms with Crippen LogP contribution in [0, 0.1) is 0 Å². The molecule has 0 saturated heterocycles. The minimum atomic E-state index is -5.02. The maximum Gasteiger partial charge on any atom is 0.416 e. The molecule has 0 spiro atoms. The molecule has 0 aliphatic rings. The molecule has 0 heterocycles. The van der Waals surface area contributed by atoms with Crippen molar-refractivity contribution in [2.75, 3.05) is 0 Å². The van der Waals surface area contributed by atoms with Crippen molar-refractivity contribution in [3.8, 4) is 0 Å². The van der Waals surface area contributed by atoms with Gasteiger partial charge in [0.2, 0.25) is 0 Å². The zero-order valence-electron chi connectivity index (χ0n) is 7.72. The number of aliphatic hydroxyl groups excluding tert-OH is 1. The first-order chi connectivity index (χ1) is 7.14. The van der Waals surface area contributed by atoms with E-state index in [0.717, 1.165) is 18.2 Å². The smallest absolute Gasteiger partial charge is 0.376 e. The Morgan fingerprint density at radius 3 is 2.12 bits per heavy atom. The lowest BCUT2D eigenvalue weighted by Gasteiger charge is -2.17. The summed E-state index contributed by atoms with van der Waals surface area (Å²) in [5.74, 6) is -2.47. The first-order valence-corrected chi connectivity index (χ1v) is 5.71. The van der Waals surface area contributed by atoms with Crippen molar-refractivity contribution in [3.05, 3.63) is 35.4 Å². The molecule has 0 bridgehead atoms. The van der Waals surface area contributed by atoms with Gasteiger partial charge in [0, 0.05) is 5.56 Å². The predicted molar refractivity (Wildman–Crippen MR) is 48.4 cm³/mol. The summed E-state index contributed by atoms with van der Waals surface area (Å²) in [7, 11) is -5.02. The Balaban J connectivity index is 3.30. The van der Waals surface area contributed by atoms with Crippen LogP contribution in [-0.4, -0.2) is 14.9 Å². The zero-order valence-corrected chi connectivity index (χ0v) is 8.61. The average Bonchev–Trinajstić information content (AvgIpc) is 2.14. The summed E-state index contributed by atoms with van der Waals surface area (Å²) in [6.45, 7) is 0. The summed E-state index contributed by atoms with van der Waals surface area (Å²) < 4.78 is 48.0. The molecule has 3 N–H and O–H groups in total. The molecule has 8 heteroatoms. The Kier molecular flexibility index (Phi) is 3.44. The Labute approximate surface area is 88.5 Å². The molecule has 0 fully saturated rings. The van der Waals surface area contributed by atoms with Gasteiger partial charge < -0.3 is 14.9 Å². The number of hydrogen-bond donors (Lipinski definition) is 3. The fourth-order valence-electron chi connectivity index (χ4n) is 1.16. The Hall–Kier alpha value is -0.880. The third kappa shape index (κ3) is 2.82. The molecule has 1 unspecified atom stereocenters. The average molecular weight is 256 g/mol. The third-order valence-electron chi connectivity index (χ3n) is 1.86. The molecule has 0 aliphatic heterocycles. The maximum absolute atomic E-state index is 12.4. The highest BCUT2D eigenvalue weighted by Gasteiger charge is 2.39. The van der Waals surface area contributed by atoms with E-state index in [1.807, 2.05) is 0 Å². The number of halogens is 3. The van der Waals surface area contributed by atoms with E-state index in [1.54, 1.807) is 0 Å². The highest BCUT2D eigenvalue weighted by atomic mass is 31.2. The standard InChI is InChI=1S/C8H8F3O4P/c9-8(10,11)6-4-2-1-3-5(6)7(12)16(13,14)15/h1-4,7,12H,(H2,13,14,15). The molecule has 1 rings (SSSR count). The van der Waals surface area contributed by atoms with Gasteiger partial charge in [0.15, 0.2) is 5.85 Å². The number of hydrogen-bond acceptors (Lipinski definition) is 2. The normalized spacial score (nSPS) is 14.9. The van der Waals surface area contributed by atoms with Gasteiger partial charge in [-0.25, -0.2) is 0 Å². The molecular weight excluding hydrogens is 248 g/mol. The molecule has 16 heavy (non-hydrogen) atoms. The molecular formula is C8H8F3O4P. The summed E-state index contributed by atoms with van der Waals surface area (Å²) in [5.41, 5.74) is -2.09. The fraction of sp³-hybridized carbons (Fsp3) is 0.250. The molecule has 0 radical (unpaired) electrons. The van der Waals surface area contributed by atoms with Crippen LogP contribution in [-0.2, 0) is 10.7 Å². The van der Waals surface area contributed by atoms with Crippen molar-refractivity contribution in [1.82, 2.24) is 0 Å². The third-order valence-corrected chi connectivity index (χ3v) is 2.78. The Morgan fingerprint density at radius 1 is 1.19 bits per heavy atom. The zero-order chi connectivity index (χ0) is 12.6. The van der Waals surface area contributed by atoms with Gasteiger partial charge in [-0.15, -0.1) is 0 Å². The van der Waals surface area contributed by atoms with Crippen LogP contribution in [0.4, 0.5) is 13.2 Å². The van der Waals surface area contributed by atoms with Crippen LogP contribution in [0.1, 0.15) is 17.0 Å². The van der Waals surface area contributed by atoms with Gasteiger partial charge in [-0.1, -0.05) is 18.2 Å². The lowest BCUT2D eigenvalue weighted by molar-refractivity contribution is -0.138. The molecule has 0 amide bonds. The van der Waals surface area contributed by atoms with Gasteiger partial charge in [-0.2, -0.15) is 13.2 Å². The van der Waals surface area contributed by atoms with Gasteiger partial charge in [-0.05, 0) is 6.07 Å². The maximum atomic E-state index is 12.4. The van der Waals surface area contributed by atoms with E-state index in [9.17, 15) is 17.7 Å². The molecule has 0 saturated carbocycles. The first-order valence-electron chi connectivity index (χ1n) is 4.03. The SMILES string of the molecule is O=P(O)(O)C(O)c1ccccc1C(F)(F)F. The van der Waals surface area contributed by atoms with E-state index < -0.39 is 30.7 Å². The van der Waals surface area contributed by atoms with Gasteiger partial charge in [-0.3, -0.25) is 4.57 Å². The summed E-state index contributed by atoms with van der Waals surface area (Å²) in [4.78, 5) is 17.2. The van der Waals surface area contributed by atoms with Crippen molar-refractivity contribution >= 4 is 7.60 Å². The number of alkyl halides is 3. The van der Waals surface area contributed by atoms with E-state index in [-0.39, 0.29) is 0 Å². The van der Waals surface area contributed by atoms with Gasteiger partial charge >= 0.3 is 13.8 Å². The van der Waals surface area contributed by atoms with Crippen molar-refractivity contribution in [2.24, 2.45) is 0 Å². The van der Waals surface area contributed by atoms with E-state index in [4.69, 9.17) is 14.9 Å². The number of benzene rings is 1. The summed E-state index contributed by atoms with van der Waals surface area (Å²) in [5, 5.41) is 9.14. The molecule has 0 aromatic heterocycles. The summed E-state index contributed by atoms with van der Waals surface area (Å²) >= 11 is 0. The lowest BCUT2D eigenvalue weighted by atomic mass is 10.1. The molecule has 90 valence electrons. The second-order valence-electron chi connectivity index (χ2n) is 3.05. The molecule has 1 aromatic carbocycles. The minimum Gasteiger partial charge on any atom is -0.376 e.